The number of rotatable bonds is 4. The molecule has 5 nitrogen and oxygen atoms in total. The van der Waals surface area contributed by atoms with Crippen molar-refractivity contribution in [3.8, 4) is 0 Å². The molecule has 0 aliphatic heterocycles. The number of aryl methyl sites for hydroxylation is 1. The van der Waals surface area contributed by atoms with Gasteiger partial charge in [-0.25, -0.2) is 10.2 Å². The molecule has 1 aromatic heterocycles. The minimum atomic E-state index is -0.359. The number of nitrogens with zero attached hydrogens (tertiary/aromatic N) is 2. The Kier molecular flexibility index (Phi) is 4.77. The normalized spacial score (nSPS) is 10.8. The summed E-state index contributed by atoms with van der Waals surface area (Å²) < 4.78 is 2.20. The predicted molar refractivity (Wildman–Crippen MR) is 85.8 cm³/mol. The van der Waals surface area contributed by atoms with Gasteiger partial charge in [0.1, 0.15) is 0 Å². The van der Waals surface area contributed by atoms with E-state index < -0.39 is 0 Å². The molecule has 0 fully saturated rings. The third kappa shape index (κ3) is 3.72. The summed E-state index contributed by atoms with van der Waals surface area (Å²) in [6.45, 7) is 7.13. The van der Waals surface area contributed by atoms with E-state index in [1.165, 1.54) is 5.69 Å². The number of carbonyl (C=O) groups is 1. The maximum atomic E-state index is 11.7. The number of benzene rings is 1. The van der Waals surface area contributed by atoms with Crippen molar-refractivity contribution in [2.75, 3.05) is 5.32 Å². The fourth-order valence-corrected chi connectivity index (χ4v) is 2.29. The van der Waals surface area contributed by atoms with Crippen LogP contribution in [0.5, 0.6) is 0 Å². The molecule has 2 aromatic rings. The molecule has 21 heavy (non-hydrogen) atoms. The van der Waals surface area contributed by atoms with Gasteiger partial charge >= 0.3 is 6.03 Å². The number of hydrogen-bond acceptors (Lipinski definition) is 2. The highest BCUT2D eigenvalue weighted by Crippen LogP contribution is 2.12. The Bertz CT molecular complexity index is 644. The molecule has 0 saturated heterocycles. The fraction of sp³-hybridized carbons (Fsp3) is 0.250. The molecule has 0 aliphatic rings. The van der Waals surface area contributed by atoms with Gasteiger partial charge in [-0.05, 0) is 39.0 Å². The number of para-hydroxylation sites is 1. The monoisotopic (exact) mass is 284 g/mol. The maximum Gasteiger partial charge on any atom is 0.339 e. The van der Waals surface area contributed by atoms with E-state index in [9.17, 15) is 4.79 Å². The van der Waals surface area contributed by atoms with Crippen LogP contribution in [0.2, 0.25) is 0 Å². The largest absolute Gasteiger partial charge is 0.349 e. The summed E-state index contributed by atoms with van der Waals surface area (Å²) in [4.78, 5) is 11.7. The number of hydrazone groups is 1. The van der Waals surface area contributed by atoms with Crippen molar-refractivity contribution >= 4 is 17.9 Å². The van der Waals surface area contributed by atoms with E-state index in [2.05, 4.69) is 40.3 Å². The zero-order valence-electron chi connectivity index (χ0n) is 12.6. The Morgan fingerprint density at radius 1 is 1.29 bits per heavy atom. The van der Waals surface area contributed by atoms with Gasteiger partial charge in [-0.15, -0.1) is 0 Å². The topological polar surface area (TPSA) is 58.4 Å². The van der Waals surface area contributed by atoms with E-state index >= 15 is 0 Å². The summed E-state index contributed by atoms with van der Waals surface area (Å²) >= 11 is 0. The standard InChI is InChI=1S/C16H20N4O/c1-4-20-12(2)10-14(13(20)3)11-17-19-16(21)18-15-8-6-5-7-9-15/h5-11H,4H2,1-3H3,(H2,18,19,21)/b17-11+. The lowest BCUT2D eigenvalue weighted by Gasteiger charge is -2.04. The van der Waals surface area contributed by atoms with Gasteiger partial charge in [-0.3, -0.25) is 0 Å². The van der Waals surface area contributed by atoms with Crippen molar-refractivity contribution < 1.29 is 4.79 Å². The molecule has 2 rings (SSSR count). The molecule has 0 aliphatic carbocycles. The molecule has 110 valence electrons. The van der Waals surface area contributed by atoms with Crippen LogP contribution >= 0.6 is 0 Å². The van der Waals surface area contributed by atoms with Gasteiger partial charge in [0.15, 0.2) is 0 Å². The van der Waals surface area contributed by atoms with E-state index in [0.29, 0.717) is 0 Å². The lowest BCUT2D eigenvalue weighted by Crippen LogP contribution is -2.24. The highest BCUT2D eigenvalue weighted by atomic mass is 16.2. The molecular weight excluding hydrogens is 264 g/mol. The molecule has 2 amide bonds. The number of anilines is 1. The van der Waals surface area contributed by atoms with Crippen LogP contribution in [-0.4, -0.2) is 16.8 Å². The van der Waals surface area contributed by atoms with Gasteiger partial charge in [0.25, 0.3) is 0 Å². The van der Waals surface area contributed by atoms with Crippen LogP contribution in [0.4, 0.5) is 10.5 Å². The van der Waals surface area contributed by atoms with Gasteiger partial charge in [0, 0.05) is 29.2 Å². The van der Waals surface area contributed by atoms with Crippen molar-refractivity contribution in [1.82, 2.24) is 9.99 Å². The predicted octanol–water partition coefficient (Wildman–Crippen LogP) is 3.28. The Balaban J connectivity index is 1.95. The molecule has 2 N–H and O–H groups in total. The lowest BCUT2D eigenvalue weighted by atomic mass is 10.3. The second-order valence-corrected chi connectivity index (χ2v) is 4.76. The van der Waals surface area contributed by atoms with E-state index in [-0.39, 0.29) is 6.03 Å². The smallest absolute Gasteiger partial charge is 0.339 e. The number of carbonyl (C=O) groups excluding carboxylic acids is 1. The third-order valence-corrected chi connectivity index (χ3v) is 3.33. The maximum absolute atomic E-state index is 11.7. The molecule has 0 bridgehead atoms. The van der Waals surface area contributed by atoms with Crippen LogP contribution in [0.25, 0.3) is 0 Å². The van der Waals surface area contributed by atoms with Crippen LogP contribution in [0.3, 0.4) is 0 Å². The second-order valence-electron chi connectivity index (χ2n) is 4.76. The Labute approximate surface area is 124 Å². The molecule has 0 atom stereocenters. The number of aromatic nitrogens is 1. The minimum Gasteiger partial charge on any atom is -0.349 e. The number of nitrogens with one attached hydrogen (secondary N) is 2. The van der Waals surface area contributed by atoms with E-state index in [4.69, 9.17) is 0 Å². The zero-order valence-corrected chi connectivity index (χ0v) is 12.6. The summed E-state index contributed by atoms with van der Waals surface area (Å²) in [6, 6.07) is 10.9. The van der Waals surface area contributed by atoms with E-state index in [1.807, 2.05) is 37.3 Å². The van der Waals surface area contributed by atoms with Crippen LogP contribution < -0.4 is 10.7 Å². The van der Waals surface area contributed by atoms with Crippen molar-refractivity contribution in [3.63, 3.8) is 0 Å². The van der Waals surface area contributed by atoms with Crippen molar-refractivity contribution in [2.24, 2.45) is 5.10 Å². The SMILES string of the molecule is CCn1c(C)cc(/C=N/NC(=O)Nc2ccccc2)c1C. The molecule has 5 heteroatoms. The number of amides is 2. The van der Waals surface area contributed by atoms with Crippen LogP contribution in [0, 0.1) is 13.8 Å². The zero-order chi connectivity index (χ0) is 15.2. The first kappa shape index (κ1) is 14.8. The quantitative estimate of drug-likeness (QED) is 0.657. The first-order chi connectivity index (χ1) is 10.1. The first-order valence-electron chi connectivity index (χ1n) is 6.93. The van der Waals surface area contributed by atoms with Crippen molar-refractivity contribution in [2.45, 2.75) is 27.3 Å². The average Bonchev–Trinajstić information content (AvgIpc) is 2.74. The summed E-state index contributed by atoms with van der Waals surface area (Å²) in [7, 11) is 0. The molecule has 1 heterocycles. The molecular formula is C16H20N4O. The van der Waals surface area contributed by atoms with E-state index in [0.717, 1.165) is 23.5 Å². The highest BCUT2D eigenvalue weighted by molar-refractivity contribution is 5.90. The third-order valence-electron chi connectivity index (χ3n) is 3.33. The minimum absolute atomic E-state index is 0.359. The number of hydrogen-bond donors (Lipinski definition) is 2. The van der Waals surface area contributed by atoms with Crippen molar-refractivity contribution in [1.29, 1.82) is 0 Å². The Morgan fingerprint density at radius 2 is 2.00 bits per heavy atom. The number of urea groups is 1. The van der Waals surface area contributed by atoms with Gasteiger partial charge in [0.2, 0.25) is 0 Å². The van der Waals surface area contributed by atoms with Gasteiger partial charge < -0.3 is 9.88 Å². The van der Waals surface area contributed by atoms with E-state index in [1.54, 1.807) is 6.21 Å². The average molecular weight is 284 g/mol. The summed E-state index contributed by atoms with van der Waals surface area (Å²) in [5, 5.41) is 6.69. The van der Waals surface area contributed by atoms with Crippen molar-refractivity contribution in [3.05, 3.63) is 53.3 Å². The summed E-state index contributed by atoms with van der Waals surface area (Å²) in [5.74, 6) is 0. The van der Waals surface area contributed by atoms with Gasteiger partial charge in [0.05, 0.1) is 6.21 Å². The van der Waals surface area contributed by atoms with Gasteiger partial charge in [-0.2, -0.15) is 5.10 Å². The first-order valence-corrected chi connectivity index (χ1v) is 6.93. The molecule has 1 aromatic carbocycles. The Morgan fingerprint density at radius 3 is 2.62 bits per heavy atom. The molecule has 0 spiro atoms. The van der Waals surface area contributed by atoms with Crippen LogP contribution in [0.1, 0.15) is 23.9 Å². The lowest BCUT2D eigenvalue weighted by molar-refractivity contribution is 0.252. The second kappa shape index (κ2) is 6.74. The van der Waals surface area contributed by atoms with Gasteiger partial charge in [-0.1, -0.05) is 18.2 Å². The van der Waals surface area contributed by atoms with Crippen LogP contribution in [-0.2, 0) is 6.54 Å². The fourth-order valence-electron chi connectivity index (χ4n) is 2.29. The summed E-state index contributed by atoms with van der Waals surface area (Å²) in [6.07, 6.45) is 1.67. The molecule has 0 unspecified atom stereocenters. The summed E-state index contributed by atoms with van der Waals surface area (Å²) in [5.41, 5.74) is 6.53. The Hall–Kier alpha value is -2.56. The molecule has 0 radical (unpaired) electrons. The molecule has 0 saturated carbocycles. The highest BCUT2D eigenvalue weighted by Gasteiger charge is 2.05. The van der Waals surface area contributed by atoms with Crippen LogP contribution in [0.15, 0.2) is 41.5 Å².